The monoisotopic (exact) mass is 280 g/mol. The zero-order valence-electron chi connectivity index (χ0n) is 12.4. The van der Waals surface area contributed by atoms with Crippen LogP contribution in [0.1, 0.15) is 18.4 Å². The number of piperidine rings is 1. The first-order chi connectivity index (χ1) is 10.2. The normalized spacial score (nSPS) is 20.2. The summed E-state index contributed by atoms with van der Waals surface area (Å²) in [6, 6.07) is 12.3. The van der Waals surface area contributed by atoms with Crippen molar-refractivity contribution in [3.05, 3.63) is 52.3 Å². The van der Waals surface area contributed by atoms with Crippen molar-refractivity contribution < 1.29 is 0 Å². The summed E-state index contributed by atoms with van der Waals surface area (Å²) in [5.74, 6) is 1.74. The molecule has 1 aromatic carbocycles. The van der Waals surface area contributed by atoms with Gasteiger partial charge in [0, 0.05) is 25.2 Å². The van der Waals surface area contributed by atoms with Crippen molar-refractivity contribution in [3.63, 3.8) is 0 Å². The number of aromatic nitrogens is 1. The van der Waals surface area contributed by atoms with E-state index in [2.05, 4.69) is 30.0 Å². The van der Waals surface area contributed by atoms with Crippen LogP contribution < -0.4 is 10.5 Å². The maximum atomic E-state index is 12.9. The summed E-state index contributed by atoms with van der Waals surface area (Å²) in [6.07, 6.45) is 2.50. The van der Waals surface area contributed by atoms with Gasteiger partial charge < -0.3 is 4.90 Å². The highest BCUT2D eigenvalue weighted by Gasteiger charge is 2.28. The summed E-state index contributed by atoms with van der Waals surface area (Å²) >= 11 is 0. The zero-order valence-corrected chi connectivity index (χ0v) is 12.4. The highest BCUT2D eigenvalue weighted by molar-refractivity contribution is 5.65. The number of benzene rings is 1. The summed E-state index contributed by atoms with van der Waals surface area (Å²) in [5.41, 5.74) is 3.20. The Kier molecular flexibility index (Phi) is 2.88. The van der Waals surface area contributed by atoms with Crippen molar-refractivity contribution >= 4 is 5.82 Å². The van der Waals surface area contributed by atoms with E-state index < -0.39 is 0 Å². The molecule has 4 rings (SSSR count). The molecule has 0 amide bonds. The van der Waals surface area contributed by atoms with Gasteiger partial charge in [-0.3, -0.25) is 9.36 Å². The number of hydrogen-bond donors (Lipinski definition) is 0. The Morgan fingerprint density at radius 1 is 1.14 bits per heavy atom. The Morgan fingerprint density at radius 2 is 2.05 bits per heavy atom. The molecule has 0 saturated carbocycles. The Bertz CT molecular complexity index is 747. The average molecular weight is 280 g/mol. The van der Waals surface area contributed by atoms with Crippen LogP contribution in [0.15, 0.2) is 41.2 Å². The topological polar surface area (TPSA) is 25.2 Å². The maximum absolute atomic E-state index is 12.9. The lowest BCUT2D eigenvalue weighted by molar-refractivity contribution is 0.329. The van der Waals surface area contributed by atoms with Crippen molar-refractivity contribution in [1.82, 2.24) is 4.57 Å². The van der Waals surface area contributed by atoms with Crippen molar-refractivity contribution in [2.45, 2.75) is 26.3 Å². The van der Waals surface area contributed by atoms with E-state index >= 15 is 0 Å². The molecule has 2 aliphatic rings. The quantitative estimate of drug-likeness (QED) is 0.802. The first-order valence-electron chi connectivity index (χ1n) is 7.78. The zero-order chi connectivity index (χ0) is 14.4. The van der Waals surface area contributed by atoms with Gasteiger partial charge >= 0.3 is 0 Å². The van der Waals surface area contributed by atoms with Gasteiger partial charge in [0.25, 0.3) is 5.56 Å². The minimum Gasteiger partial charge on any atom is -0.358 e. The predicted octanol–water partition coefficient (Wildman–Crippen LogP) is 3.05. The van der Waals surface area contributed by atoms with Crippen LogP contribution in [-0.2, 0) is 6.54 Å². The van der Waals surface area contributed by atoms with Crippen LogP contribution in [0.25, 0.3) is 11.1 Å². The van der Waals surface area contributed by atoms with Crippen molar-refractivity contribution in [1.29, 1.82) is 0 Å². The van der Waals surface area contributed by atoms with Crippen LogP contribution >= 0.6 is 0 Å². The van der Waals surface area contributed by atoms with Gasteiger partial charge in [-0.15, -0.1) is 0 Å². The average Bonchev–Trinajstić information content (AvgIpc) is 2.49. The maximum Gasteiger partial charge on any atom is 0.259 e. The summed E-state index contributed by atoms with van der Waals surface area (Å²) in [6.45, 7) is 5.14. The standard InChI is InChI=1S/C18H20N2O/c1-13-4-2-6-15(10-13)16-7-8-17-19-9-3-5-14(11-19)12-20(17)18(16)21/h2,4,6-8,10,14H,3,5,9,11-12H2,1H3. The summed E-state index contributed by atoms with van der Waals surface area (Å²) in [5, 5.41) is 0. The van der Waals surface area contributed by atoms with Crippen LogP contribution in [0.2, 0.25) is 0 Å². The van der Waals surface area contributed by atoms with Gasteiger partial charge in [0.1, 0.15) is 5.82 Å². The van der Waals surface area contributed by atoms with E-state index in [9.17, 15) is 4.79 Å². The Labute approximate surface area is 124 Å². The lowest BCUT2D eigenvalue weighted by atomic mass is 9.95. The van der Waals surface area contributed by atoms with Gasteiger partial charge in [0.2, 0.25) is 0 Å². The van der Waals surface area contributed by atoms with Gasteiger partial charge in [-0.25, -0.2) is 0 Å². The molecule has 3 heterocycles. The van der Waals surface area contributed by atoms with E-state index in [0.717, 1.165) is 36.6 Å². The van der Waals surface area contributed by atoms with Crippen molar-refractivity contribution in [2.75, 3.05) is 18.0 Å². The second kappa shape index (κ2) is 4.76. The van der Waals surface area contributed by atoms with Gasteiger partial charge in [0.15, 0.2) is 0 Å². The molecule has 0 spiro atoms. The third-order valence-corrected chi connectivity index (χ3v) is 4.76. The number of nitrogens with zero attached hydrogens (tertiary/aromatic N) is 2. The van der Waals surface area contributed by atoms with E-state index in [1.165, 1.54) is 18.4 Å². The fourth-order valence-corrected chi connectivity index (χ4v) is 3.73. The fraction of sp³-hybridized carbons (Fsp3) is 0.389. The molecule has 3 nitrogen and oxygen atoms in total. The second-order valence-corrected chi connectivity index (χ2v) is 6.34. The molecule has 1 atom stereocenters. The summed E-state index contributed by atoms with van der Waals surface area (Å²) in [4.78, 5) is 15.3. The molecule has 0 aliphatic carbocycles. The third kappa shape index (κ3) is 2.08. The molecular formula is C18H20N2O. The number of hydrogen-bond acceptors (Lipinski definition) is 2. The molecule has 3 heteroatoms. The number of fused-ring (bicyclic) bond motifs is 4. The van der Waals surface area contributed by atoms with Crippen LogP contribution in [0, 0.1) is 12.8 Å². The highest BCUT2D eigenvalue weighted by Crippen LogP contribution is 2.30. The van der Waals surface area contributed by atoms with Gasteiger partial charge in [-0.2, -0.15) is 0 Å². The van der Waals surface area contributed by atoms with E-state index in [1.807, 2.05) is 22.8 Å². The number of aryl methyl sites for hydroxylation is 1. The number of anilines is 1. The highest BCUT2D eigenvalue weighted by atomic mass is 16.1. The summed E-state index contributed by atoms with van der Waals surface area (Å²) < 4.78 is 1.99. The molecule has 1 fully saturated rings. The lowest BCUT2D eigenvalue weighted by Crippen LogP contribution is -2.46. The molecule has 2 aromatic rings. The second-order valence-electron chi connectivity index (χ2n) is 6.34. The Hall–Kier alpha value is -2.03. The summed E-state index contributed by atoms with van der Waals surface area (Å²) in [7, 11) is 0. The molecule has 1 unspecified atom stereocenters. The van der Waals surface area contributed by atoms with Gasteiger partial charge in [-0.05, 0) is 43.4 Å². The van der Waals surface area contributed by atoms with Gasteiger partial charge in [0.05, 0.1) is 0 Å². The van der Waals surface area contributed by atoms with Crippen LogP contribution in [0.4, 0.5) is 5.82 Å². The Morgan fingerprint density at radius 3 is 2.90 bits per heavy atom. The molecule has 1 aromatic heterocycles. The van der Waals surface area contributed by atoms with E-state index in [1.54, 1.807) is 0 Å². The minimum atomic E-state index is 0.162. The molecule has 108 valence electrons. The molecule has 1 saturated heterocycles. The molecular weight excluding hydrogens is 260 g/mol. The number of pyridine rings is 1. The minimum absolute atomic E-state index is 0.162. The predicted molar refractivity (Wildman–Crippen MR) is 85.8 cm³/mol. The first-order valence-corrected chi connectivity index (χ1v) is 7.78. The smallest absolute Gasteiger partial charge is 0.259 e. The van der Waals surface area contributed by atoms with Crippen LogP contribution in [0.5, 0.6) is 0 Å². The van der Waals surface area contributed by atoms with Crippen molar-refractivity contribution in [3.8, 4) is 11.1 Å². The molecule has 21 heavy (non-hydrogen) atoms. The molecule has 0 N–H and O–H groups in total. The molecule has 2 aliphatic heterocycles. The van der Waals surface area contributed by atoms with Crippen LogP contribution in [-0.4, -0.2) is 17.7 Å². The Balaban J connectivity index is 1.86. The van der Waals surface area contributed by atoms with E-state index in [0.29, 0.717) is 5.92 Å². The first kappa shape index (κ1) is 12.7. The van der Waals surface area contributed by atoms with E-state index in [-0.39, 0.29) is 5.56 Å². The van der Waals surface area contributed by atoms with Crippen molar-refractivity contribution in [2.24, 2.45) is 5.92 Å². The largest absolute Gasteiger partial charge is 0.358 e. The SMILES string of the molecule is Cc1cccc(-c2ccc3n(c2=O)CC2CCCN3C2)c1. The van der Waals surface area contributed by atoms with E-state index in [4.69, 9.17) is 0 Å². The lowest BCUT2D eigenvalue weighted by Gasteiger charge is -2.41. The molecule has 2 bridgehead atoms. The molecule has 0 radical (unpaired) electrons. The third-order valence-electron chi connectivity index (χ3n) is 4.76. The number of rotatable bonds is 1. The van der Waals surface area contributed by atoms with Gasteiger partial charge in [-0.1, -0.05) is 29.8 Å². The fourth-order valence-electron chi connectivity index (χ4n) is 3.73. The van der Waals surface area contributed by atoms with Crippen LogP contribution in [0.3, 0.4) is 0 Å².